The van der Waals surface area contributed by atoms with E-state index in [0.717, 1.165) is 34.1 Å². The molecule has 1 amide bonds. The fourth-order valence-corrected chi connectivity index (χ4v) is 4.24. The highest BCUT2D eigenvalue weighted by atomic mass is 16.1. The second kappa shape index (κ2) is 10.9. The molecule has 0 unspecified atom stereocenters. The van der Waals surface area contributed by atoms with Crippen LogP contribution in [0.4, 0.5) is 5.82 Å². The number of benzene rings is 2. The zero-order valence-electron chi connectivity index (χ0n) is 21.5. The summed E-state index contributed by atoms with van der Waals surface area (Å²) < 4.78 is 3.08. The number of imidazole rings is 1. The largest absolute Gasteiger partial charge is 0.382 e. The number of carbonyl (C=O) groups is 1. The topological polar surface area (TPSA) is 130 Å². The molecule has 4 aromatic heterocycles. The van der Waals surface area contributed by atoms with Crippen molar-refractivity contribution in [1.82, 2.24) is 29.4 Å². The molecule has 9 nitrogen and oxygen atoms in total. The average Bonchev–Trinajstić information content (AvgIpc) is 3.53. The molecule has 0 saturated heterocycles. The Morgan fingerprint density at radius 3 is 2.51 bits per heavy atom. The molecule has 0 aliphatic carbocycles. The Labute approximate surface area is 225 Å². The standard InChI is InChI=1S/C23H19N3.C7H7N5O/c1-3-22-20(18-8-5-4-6-9-18)14-21-19(10-7-11-23(21)25-22)13-12-17-15-24-26(2)16-17;8-6-5(7(9)13)12-4(11-6)2-1-3-10-12/h4-11,14-16H,3H2,1-2H3;1-3H,8H2,(H2,9,13). The van der Waals surface area contributed by atoms with Crippen LogP contribution in [-0.4, -0.2) is 35.3 Å². The number of aryl methyl sites for hydroxylation is 2. The Kier molecular flexibility index (Phi) is 7.01. The number of rotatable bonds is 3. The maximum Gasteiger partial charge on any atom is 0.271 e. The SMILES string of the molecule is CCc1nc2cccc(C#Cc3cnn(C)c3)c2cc1-c1ccccc1.NC(=O)c1c(N)nc2cccnn12. The van der Waals surface area contributed by atoms with Crippen LogP contribution in [-0.2, 0) is 13.5 Å². The lowest BCUT2D eigenvalue weighted by Gasteiger charge is -2.10. The van der Waals surface area contributed by atoms with Crippen molar-refractivity contribution in [1.29, 1.82) is 0 Å². The molecule has 9 heteroatoms. The summed E-state index contributed by atoms with van der Waals surface area (Å²) >= 11 is 0. The highest BCUT2D eigenvalue weighted by Crippen LogP contribution is 2.28. The molecule has 6 aromatic rings. The van der Waals surface area contributed by atoms with Gasteiger partial charge < -0.3 is 11.5 Å². The van der Waals surface area contributed by atoms with Gasteiger partial charge in [0.05, 0.1) is 17.3 Å². The van der Waals surface area contributed by atoms with E-state index in [2.05, 4.69) is 70.3 Å². The molecule has 0 atom stereocenters. The number of nitrogens with two attached hydrogens (primary N) is 2. The van der Waals surface area contributed by atoms with Gasteiger partial charge in [-0.05, 0) is 42.3 Å². The smallest absolute Gasteiger partial charge is 0.271 e. The number of hydrogen-bond donors (Lipinski definition) is 2. The minimum absolute atomic E-state index is 0.103. The van der Waals surface area contributed by atoms with Crippen LogP contribution >= 0.6 is 0 Å². The summed E-state index contributed by atoms with van der Waals surface area (Å²) in [6.45, 7) is 2.15. The van der Waals surface area contributed by atoms with Crippen molar-refractivity contribution >= 4 is 28.3 Å². The third kappa shape index (κ3) is 5.31. The Balaban J connectivity index is 0.000000198. The van der Waals surface area contributed by atoms with Crippen LogP contribution in [0.2, 0.25) is 0 Å². The Bertz CT molecular complexity index is 1860. The number of anilines is 1. The maximum absolute atomic E-state index is 10.9. The third-order valence-corrected chi connectivity index (χ3v) is 6.06. The number of fused-ring (bicyclic) bond motifs is 2. The molecule has 39 heavy (non-hydrogen) atoms. The summed E-state index contributed by atoms with van der Waals surface area (Å²) in [4.78, 5) is 19.8. The van der Waals surface area contributed by atoms with E-state index in [-0.39, 0.29) is 11.5 Å². The molecular weight excluding hydrogens is 488 g/mol. The Hall–Kier alpha value is -5.49. The summed E-state index contributed by atoms with van der Waals surface area (Å²) in [7, 11) is 1.89. The van der Waals surface area contributed by atoms with Crippen LogP contribution in [0.15, 0.2) is 85.3 Å². The first kappa shape index (κ1) is 25.2. The van der Waals surface area contributed by atoms with Gasteiger partial charge in [-0.25, -0.2) is 9.50 Å². The zero-order chi connectivity index (χ0) is 27.4. The fourth-order valence-electron chi connectivity index (χ4n) is 4.24. The summed E-state index contributed by atoms with van der Waals surface area (Å²) in [6.07, 6.45) is 6.12. The molecule has 0 saturated carbocycles. The van der Waals surface area contributed by atoms with Gasteiger partial charge in [0.1, 0.15) is 0 Å². The molecule has 0 spiro atoms. The van der Waals surface area contributed by atoms with Gasteiger partial charge in [0.25, 0.3) is 5.91 Å². The summed E-state index contributed by atoms with van der Waals surface area (Å²) in [5.41, 5.74) is 17.6. The molecule has 4 N–H and O–H groups in total. The minimum Gasteiger partial charge on any atom is -0.382 e. The van der Waals surface area contributed by atoms with E-state index in [1.54, 1.807) is 23.0 Å². The summed E-state index contributed by atoms with van der Waals surface area (Å²) in [6, 6.07) is 22.2. The van der Waals surface area contributed by atoms with E-state index in [4.69, 9.17) is 16.5 Å². The Morgan fingerprint density at radius 1 is 0.974 bits per heavy atom. The van der Waals surface area contributed by atoms with Crippen LogP contribution in [0.25, 0.3) is 27.7 Å². The maximum atomic E-state index is 10.9. The van der Waals surface area contributed by atoms with Crippen LogP contribution in [0, 0.1) is 11.8 Å². The van der Waals surface area contributed by atoms with Crippen LogP contribution in [0.3, 0.4) is 0 Å². The van der Waals surface area contributed by atoms with Crippen molar-refractivity contribution in [2.45, 2.75) is 13.3 Å². The lowest BCUT2D eigenvalue weighted by atomic mass is 9.98. The number of carbonyl (C=O) groups excluding carboxylic acids is 1. The lowest BCUT2D eigenvalue weighted by molar-refractivity contribution is 0.0994. The van der Waals surface area contributed by atoms with Crippen molar-refractivity contribution in [3.05, 3.63) is 108 Å². The first-order valence-electron chi connectivity index (χ1n) is 12.3. The number of aromatic nitrogens is 6. The molecule has 0 aliphatic rings. The first-order chi connectivity index (χ1) is 18.9. The number of nitrogens with zero attached hydrogens (tertiary/aromatic N) is 6. The molecular formula is C30H26N8O. The quantitative estimate of drug-likeness (QED) is 0.343. The van der Waals surface area contributed by atoms with Gasteiger partial charge in [0.2, 0.25) is 0 Å². The normalized spacial score (nSPS) is 10.5. The first-order valence-corrected chi connectivity index (χ1v) is 12.3. The van der Waals surface area contributed by atoms with Gasteiger partial charge in [0.15, 0.2) is 17.2 Å². The molecule has 0 bridgehead atoms. The molecule has 0 aliphatic heterocycles. The van der Waals surface area contributed by atoms with Gasteiger partial charge >= 0.3 is 0 Å². The molecule has 192 valence electrons. The monoisotopic (exact) mass is 514 g/mol. The zero-order valence-corrected chi connectivity index (χ0v) is 21.5. The summed E-state index contributed by atoms with van der Waals surface area (Å²) in [5, 5.41) is 9.15. The van der Waals surface area contributed by atoms with E-state index < -0.39 is 5.91 Å². The molecule has 0 fully saturated rings. The number of hydrogen-bond acceptors (Lipinski definition) is 6. The summed E-state index contributed by atoms with van der Waals surface area (Å²) in [5.74, 6) is 5.96. The van der Waals surface area contributed by atoms with Crippen LogP contribution in [0.5, 0.6) is 0 Å². The van der Waals surface area contributed by atoms with Crippen LogP contribution in [0.1, 0.15) is 34.2 Å². The van der Waals surface area contributed by atoms with E-state index in [1.165, 1.54) is 21.8 Å². The van der Waals surface area contributed by atoms with Crippen LogP contribution < -0.4 is 11.5 Å². The molecule has 4 heterocycles. The fraction of sp³-hybridized carbons (Fsp3) is 0.100. The van der Waals surface area contributed by atoms with Crippen molar-refractivity contribution < 1.29 is 4.79 Å². The van der Waals surface area contributed by atoms with Gasteiger partial charge in [-0.3, -0.25) is 14.5 Å². The predicted octanol–water partition coefficient (Wildman–Crippen LogP) is 4.01. The average molecular weight is 515 g/mol. The van der Waals surface area contributed by atoms with Crippen molar-refractivity contribution in [2.75, 3.05) is 5.73 Å². The number of primary amides is 1. The number of pyridine rings is 1. The van der Waals surface area contributed by atoms with Gasteiger partial charge in [0, 0.05) is 41.6 Å². The van der Waals surface area contributed by atoms with Crippen molar-refractivity contribution in [3.8, 4) is 23.0 Å². The second-order valence-electron chi connectivity index (χ2n) is 8.73. The molecule has 0 radical (unpaired) electrons. The van der Waals surface area contributed by atoms with Crippen molar-refractivity contribution in [3.63, 3.8) is 0 Å². The van der Waals surface area contributed by atoms with E-state index in [9.17, 15) is 4.79 Å². The molecule has 2 aromatic carbocycles. The second-order valence-corrected chi connectivity index (χ2v) is 8.73. The number of amides is 1. The van der Waals surface area contributed by atoms with E-state index in [1.807, 2.05) is 31.4 Å². The molecule has 6 rings (SSSR count). The predicted molar refractivity (Wildman–Crippen MR) is 152 cm³/mol. The highest BCUT2D eigenvalue weighted by Gasteiger charge is 2.14. The van der Waals surface area contributed by atoms with Gasteiger partial charge in [-0.15, -0.1) is 0 Å². The van der Waals surface area contributed by atoms with E-state index in [0.29, 0.717) is 5.65 Å². The lowest BCUT2D eigenvalue weighted by Crippen LogP contribution is -2.16. The van der Waals surface area contributed by atoms with Gasteiger partial charge in [-0.2, -0.15) is 10.2 Å². The van der Waals surface area contributed by atoms with Gasteiger partial charge in [-0.1, -0.05) is 55.2 Å². The number of nitrogen functional groups attached to an aromatic ring is 1. The highest BCUT2D eigenvalue weighted by molar-refractivity contribution is 5.96. The van der Waals surface area contributed by atoms with Crippen molar-refractivity contribution in [2.24, 2.45) is 12.8 Å². The minimum atomic E-state index is -0.635. The third-order valence-electron chi connectivity index (χ3n) is 6.06. The van der Waals surface area contributed by atoms with E-state index >= 15 is 0 Å². The Morgan fingerprint density at radius 2 is 1.79 bits per heavy atom.